The molecule has 2 aromatic rings. The first kappa shape index (κ1) is 11.9. The van der Waals surface area contributed by atoms with Crippen LogP contribution in [0, 0.1) is 6.92 Å². The third kappa shape index (κ3) is 2.94. The second kappa shape index (κ2) is 5.14. The van der Waals surface area contributed by atoms with Gasteiger partial charge in [-0.1, -0.05) is 0 Å². The molecular weight excluding hydrogens is 214 g/mol. The average Bonchev–Trinajstić information content (AvgIpc) is 2.95. The van der Waals surface area contributed by atoms with Crippen LogP contribution in [0.25, 0.3) is 0 Å². The highest BCUT2D eigenvalue weighted by Crippen LogP contribution is 2.11. The van der Waals surface area contributed by atoms with Gasteiger partial charge >= 0.3 is 0 Å². The van der Waals surface area contributed by atoms with Crippen molar-refractivity contribution in [2.45, 2.75) is 39.4 Å². The smallest absolute Gasteiger partial charge is 0.0641 e. The lowest BCUT2D eigenvalue weighted by Gasteiger charge is -2.21. The Balaban J connectivity index is 1.89. The molecule has 2 aromatic heterocycles. The Labute approximate surface area is 101 Å². The minimum absolute atomic E-state index is 0.326. The monoisotopic (exact) mass is 233 g/mol. The predicted molar refractivity (Wildman–Crippen MR) is 66.6 cm³/mol. The maximum Gasteiger partial charge on any atom is 0.0641 e. The number of nitrogens with one attached hydrogen (secondary N) is 2. The molecule has 0 spiro atoms. The fraction of sp³-hybridized carbons (Fsp3) is 0.500. The fourth-order valence-corrected chi connectivity index (χ4v) is 1.71. The molecule has 0 bridgehead atoms. The number of nitrogens with zero attached hydrogens (tertiary/aromatic N) is 3. The molecule has 2 atom stereocenters. The quantitative estimate of drug-likeness (QED) is 0.825. The van der Waals surface area contributed by atoms with Crippen LogP contribution < -0.4 is 5.32 Å². The van der Waals surface area contributed by atoms with Crippen LogP contribution in [0.2, 0.25) is 0 Å². The van der Waals surface area contributed by atoms with Crippen LogP contribution in [0.15, 0.2) is 24.7 Å². The molecule has 2 heterocycles. The van der Waals surface area contributed by atoms with Gasteiger partial charge in [-0.15, -0.1) is 0 Å². The molecule has 0 unspecified atom stereocenters. The Kier molecular flexibility index (Phi) is 3.58. The molecule has 0 aliphatic heterocycles. The van der Waals surface area contributed by atoms with Gasteiger partial charge in [-0.3, -0.25) is 9.78 Å². The van der Waals surface area contributed by atoms with E-state index in [0.717, 1.165) is 12.2 Å². The highest BCUT2D eigenvalue weighted by Gasteiger charge is 2.14. The molecule has 0 radical (unpaired) electrons. The molecule has 5 nitrogen and oxygen atoms in total. The van der Waals surface area contributed by atoms with E-state index in [9.17, 15) is 0 Å². The van der Waals surface area contributed by atoms with Crippen molar-refractivity contribution in [1.82, 2.24) is 25.3 Å². The Morgan fingerprint density at radius 1 is 1.47 bits per heavy atom. The van der Waals surface area contributed by atoms with Crippen molar-refractivity contribution in [3.8, 4) is 0 Å². The standard InChI is InChI=1S/C12H19N5/c1-9-6-15-17(8-9)11(3)10(2)13-7-12-4-5-14-16-12/h4-6,8,10-11,13H,7H2,1-3H3,(H,14,16)/t10-,11+/m1/s1. The number of hydrogen-bond acceptors (Lipinski definition) is 3. The molecule has 17 heavy (non-hydrogen) atoms. The van der Waals surface area contributed by atoms with Crippen molar-refractivity contribution in [1.29, 1.82) is 0 Å². The van der Waals surface area contributed by atoms with E-state index < -0.39 is 0 Å². The molecule has 0 saturated heterocycles. The van der Waals surface area contributed by atoms with Crippen LogP contribution in [0.4, 0.5) is 0 Å². The van der Waals surface area contributed by atoms with E-state index in [2.05, 4.69) is 47.6 Å². The minimum Gasteiger partial charge on any atom is -0.307 e. The second-order valence-corrected chi connectivity index (χ2v) is 4.49. The van der Waals surface area contributed by atoms with Crippen molar-refractivity contribution in [2.24, 2.45) is 0 Å². The fourth-order valence-electron chi connectivity index (χ4n) is 1.71. The molecule has 0 amide bonds. The van der Waals surface area contributed by atoms with E-state index in [-0.39, 0.29) is 0 Å². The third-order valence-electron chi connectivity index (χ3n) is 3.04. The predicted octanol–water partition coefficient (Wildman–Crippen LogP) is 1.65. The summed E-state index contributed by atoms with van der Waals surface area (Å²) in [7, 11) is 0. The molecule has 5 heteroatoms. The van der Waals surface area contributed by atoms with Gasteiger partial charge in [0.1, 0.15) is 0 Å². The van der Waals surface area contributed by atoms with E-state index >= 15 is 0 Å². The summed E-state index contributed by atoms with van der Waals surface area (Å²) in [6.07, 6.45) is 5.72. The normalized spacial score (nSPS) is 14.8. The maximum absolute atomic E-state index is 4.34. The summed E-state index contributed by atoms with van der Waals surface area (Å²) in [4.78, 5) is 0. The lowest BCUT2D eigenvalue weighted by atomic mass is 10.1. The van der Waals surface area contributed by atoms with Crippen LogP contribution >= 0.6 is 0 Å². The Bertz CT molecular complexity index is 445. The molecule has 0 saturated carbocycles. The van der Waals surface area contributed by atoms with Crippen LogP contribution in [0.3, 0.4) is 0 Å². The zero-order valence-electron chi connectivity index (χ0n) is 10.5. The largest absolute Gasteiger partial charge is 0.307 e. The summed E-state index contributed by atoms with van der Waals surface area (Å²) in [5.74, 6) is 0. The molecule has 2 rings (SSSR count). The van der Waals surface area contributed by atoms with Gasteiger partial charge in [0.15, 0.2) is 0 Å². The first-order chi connectivity index (χ1) is 8.16. The Morgan fingerprint density at radius 2 is 2.29 bits per heavy atom. The lowest BCUT2D eigenvalue weighted by Crippen LogP contribution is -2.33. The van der Waals surface area contributed by atoms with Gasteiger partial charge in [-0.25, -0.2) is 0 Å². The minimum atomic E-state index is 0.326. The molecule has 92 valence electrons. The van der Waals surface area contributed by atoms with Gasteiger partial charge in [0, 0.05) is 30.7 Å². The summed E-state index contributed by atoms with van der Waals surface area (Å²) in [5, 5.41) is 14.7. The Morgan fingerprint density at radius 3 is 2.88 bits per heavy atom. The van der Waals surface area contributed by atoms with E-state index in [1.54, 1.807) is 6.20 Å². The summed E-state index contributed by atoms with van der Waals surface area (Å²) in [6.45, 7) is 7.18. The van der Waals surface area contributed by atoms with E-state index in [4.69, 9.17) is 0 Å². The van der Waals surface area contributed by atoms with Gasteiger partial charge in [-0.05, 0) is 32.4 Å². The van der Waals surface area contributed by atoms with Crippen molar-refractivity contribution in [3.05, 3.63) is 35.9 Å². The highest BCUT2D eigenvalue weighted by atomic mass is 15.3. The molecule has 0 aliphatic carbocycles. The van der Waals surface area contributed by atoms with E-state index in [1.807, 2.05) is 16.9 Å². The summed E-state index contributed by atoms with van der Waals surface area (Å²) in [5.41, 5.74) is 2.29. The number of aromatic amines is 1. The van der Waals surface area contributed by atoms with Crippen LogP contribution in [-0.2, 0) is 6.54 Å². The van der Waals surface area contributed by atoms with Crippen molar-refractivity contribution in [3.63, 3.8) is 0 Å². The molecule has 0 aromatic carbocycles. The topological polar surface area (TPSA) is 58.5 Å². The summed E-state index contributed by atoms with van der Waals surface area (Å²) in [6, 6.07) is 2.65. The summed E-state index contributed by atoms with van der Waals surface area (Å²) < 4.78 is 2.00. The van der Waals surface area contributed by atoms with Gasteiger partial charge in [0.25, 0.3) is 0 Å². The average molecular weight is 233 g/mol. The highest BCUT2D eigenvalue weighted by molar-refractivity contribution is 5.01. The second-order valence-electron chi connectivity index (χ2n) is 4.49. The first-order valence-electron chi connectivity index (χ1n) is 5.89. The number of aryl methyl sites for hydroxylation is 1. The lowest BCUT2D eigenvalue weighted by molar-refractivity contribution is 0.363. The first-order valence-corrected chi connectivity index (χ1v) is 5.89. The third-order valence-corrected chi connectivity index (χ3v) is 3.04. The van der Waals surface area contributed by atoms with Crippen LogP contribution in [0.5, 0.6) is 0 Å². The molecule has 0 fully saturated rings. The van der Waals surface area contributed by atoms with Gasteiger partial charge in [0.2, 0.25) is 0 Å². The molecular formula is C12H19N5. The zero-order valence-corrected chi connectivity index (χ0v) is 10.5. The molecule has 2 N–H and O–H groups in total. The van der Waals surface area contributed by atoms with E-state index in [1.165, 1.54) is 5.56 Å². The van der Waals surface area contributed by atoms with Crippen molar-refractivity contribution < 1.29 is 0 Å². The van der Waals surface area contributed by atoms with Crippen LogP contribution in [0.1, 0.15) is 31.1 Å². The van der Waals surface area contributed by atoms with Gasteiger partial charge in [0.05, 0.1) is 12.2 Å². The van der Waals surface area contributed by atoms with Gasteiger partial charge in [-0.2, -0.15) is 10.2 Å². The SMILES string of the molecule is Cc1cnn([C@@H](C)[C@@H](C)NCc2ccn[nH]2)c1. The van der Waals surface area contributed by atoms with Gasteiger partial charge < -0.3 is 5.32 Å². The maximum atomic E-state index is 4.34. The zero-order chi connectivity index (χ0) is 12.3. The number of rotatable bonds is 5. The Hall–Kier alpha value is -1.62. The van der Waals surface area contributed by atoms with Crippen molar-refractivity contribution >= 4 is 0 Å². The summed E-state index contributed by atoms with van der Waals surface area (Å²) >= 11 is 0. The van der Waals surface area contributed by atoms with Crippen molar-refractivity contribution in [2.75, 3.05) is 0 Å². The van der Waals surface area contributed by atoms with E-state index in [0.29, 0.717) is 12.1 Å². The number of H-pyrrole nitrogens is 1. The van der Waals surface area contributed by atoms with Crippen LogP contribution in [-0.4, -0.2) is 26.0 Å². The molecule has 0 aliphatic rings. The number of aromatic nitrogens is 4. The number of hydrogen-bond donors (Lipinski definition) is 2.